The lowest BCUT2D eigenvalue weighted by atomic mass is 10.2. The van der Waals surface area contributed by atoms with Gasteiger partial charge in [0.05, 0.1) is 8.96 Å². The second-order valence-corrected chi connectivity index (χ2v) is 2.07. The Balaban J connectivity index is 3.54. The van der Waals surface area contributed by atoms with Gasteiger partial charge in [0.15, 0.2) is 0 Å². The maximum atomic E-state index is 10.2. The number of rotatable bonds is 4. The van der Waals surface area contributed by atoms with E-state index in [-0.39, 0.29) is 0 Å². The molecule has 0 heterocycles. The molecule has 0 aromatic carbocycles. The molecule has 0 bridgehead atoms. The number of carboxylic acids is 1. The zero-order valence-corrected chi connectivity index (χ0v) is 6.09. The van der Waals surface area contributed by atoms with Crippen molar-refractivity contribution in [1.82, 2.24) is 5.09 Å². The molecule has 2 atom stereocenters. The van der Waals surface area contributed by atoms with Crippen LogP contribution in [0, 0.1) is 0 Å². The van der Waals surface area contributed by atoms with E-state index >= 15 is 0 Å². The van der Waals surface area contributed by atoms with Crippen LogP contribution in [-0.4, -0.2) is 22.0 Å². The van der Waals surface area contributed by atoms with Gasteiger partial charge in [-0.3, -0.25) is 9.88 Å². The summed E-state index contributed by atoms with van der Waals surface area (Å²) in [5, 5.41) is 10.8. The standard InChI is InChI=1S/C4H10NO3P/c1-2-3(4(6)7)5-9-8/h3,5,8-9H,2H2,1H3,(H,6,7). The van der Waals surface area contributed by atoms with Crippen LogP contribution in [0.1, 0.15) is 13.3 Å². The van der Waals surface area contributed by atoms with Gasteiger partial charge in [0.1, 0.15) is 6.04 Å². The van der Waals surface area contributed by atoms with Crippen LogP contribution >= 0.6 is 8.96 Å². The van der Waals surface area contributed by atoms with Crippen molar-refractivity contribution in [2.24, 2.45) is 0 Å². The third-order valence-electron chi connectivity index (χ3n) is 0.945. The maximum absolute atomic E-state index is 10.2. The third-order valence-corrected chi connectivity index (χ3v) is 1.42. The fourth-order valence-corrected chi connectivity index (χ4v) is 0.900. The molecule has 0 saturated carbocycles. The number of nitrogens with one attached hydrogen (secondary N) is 1. The molecule has 4 nitrogen and oxygen atoms in total. The Bertz CT molecular complexity index is 97.8. The number of hydrogen-bond donors (Lipinski definition) is 3. The monoisotopic (exact) mass is 151 g/mol. The van der Waals surface area contributed by atoms with Gasteiger partial charge in [-0.1, -0.05) is 6.92 Å². The van der Waals surface area contributed by atoms with Crippen LogP contribution in [0.25, 0.3) is 0 Å². The summed E-state index contributed by atoms with van der Waals surface area (Å²) in [5.41, 5.74) is 0. The molecule has 0 spiro atoms. The van der Waals surface area contributed by atoms with Crippen molar-refractivity contribution in [3.8, 4) is 0 Å². The minimum atomic E-state index is -0.918. The molecule has 0 amide bonds. The minimum absolute atomic E-state index is 0.489. The lowest BCUT2D eigenvalue weighted by molar-refractivity contribution is -0.139. The number of aliphatic carboxylic acids is 1. The summed E-state index contributed by atoms with van der Waals surface area (Å²) in [6.07, 6.45) is 0.489. The van der Waals surface area contributed by atoms with E-state index in [0.717, 1.165) is 0 Å². The Labute approximate surface area is 55.2 Å². The van der Waals surface area contributed by atoms with Crippen molar-refractivity contribution in [3.63, 3.8) is 0 Å². The molecule has 2 unspecified atom stereocenters. The van der Waals surface area contributed by atoms with Gasteiger partial charge in [0.2, 0.25) is 0 Å². The SMILES string of the molecule is CCC(NPO)C(=O)O. The van der Waals surface area contributed by atoms with Gasteiger partial charge in [0.25, 0.3) is 0 Å². The molecule has 0 rings (SSSR count). The second-order valence-electron chi connectivity index (χ2n) is 1.56. The molecule has 0 aliphatic heterocycles. The van der Waals surface area contributed by atoms with Crippen molar-refractivity contribution in [3.05, 3.63) is 0 Å². The molecular weight excluding hydrogens is 141 g/mol. The average Bonchev–Trinajstić information content (AvgIpc) is 1.82. The molecule has 0 aromatic rings. The summed E-state index contributed by atoms with van der Waals surface area (Å²) < 4.78 is 0. The second kappa shape index (κ2) is 4.68. The molecule has 0 fully saturated rings. The highest BCUT2D eigenvalue weighted by Gasteiger charge is 2.12. The van der Waals surface area contributed by atoms with Gasteiger partial charge in [-0.25, -0.2) is 0 Å². The van der Waals surface area contributed by atoms with E-state index in [0.29, 0.717) is 6.42 Å². The Kier molecular flexibility index (Phi) is 4.58. The summed E-state index contributed by atoms with van der Waals surface area (Å²) in [4.78, 5) is 18.4. The molecule has 0 aliphatic carbocycles. The van der Waals surface area contributed by atoms with Crippen molar-refractivity contribution in [2.75, 3.05) is 0 Å². The summed E-state index contributed by atoms with van der Waals surface area (Å²) >= 11 is 0. The van der Waals surface area contributed by atoms with E-state index in [1.54, 1.807) is 6.92 Å². The van der Waals surface area contributed by atoms with E-state index in [2.05, 4.69) is 5.09 Å². The molecular formula is C4H10NO3P. The summed E-state index contributed by atoms with van der Waals surface area (Å²) in [6.45, 7) is 1.74. The lowest BCUT2D eigenvalue weighted by Gasteiger charge is -2.07. The first-order chi connectivity index (χ1) is 4.22. The molecule has 0 saturated heterocycles. The highest BCUT2D eigenvalue weighted by molar-refractivity contribution is 7.28. The van der Waals surface area contributed by atoms with E-state index < -0.39 is 21.0 Å². The van der Waals surface area contributed by atoms with Gasteiger partial charge in [-0.2, -0.15) is 0 Å². The summed E-state index contributed by atoms with van der Waals surface area (Å²) in [6, 6.07) is -0.603. The van der Waals surface area contributed by atoms with Crippen LogP contribution in [0.15, 0.2) is 0 Å². The van der Waals surface area contributed by atoms with Crippen LogP contribution in [0.3, 0.4) is 0 Å². The highest BCUT2D eigenvalue weighted by Crippen LogP contribution is 1.99. The zero-order valence-electron chi connectivity index (χ0n) is 5.09. The normalized spacial score (nSPS) is 14.4. The quantitative estimate of drug-likeness (QED) is 0.492. The molecule has 0 aliphatic rings. The maximum Gasteiger partial charge on any atom is 0.321 e. The largest absolute Gasteiger partial charge is 0.480 e. The van der Waals surface area contributed by atoms with Gasteiger partial charge < -0.3 is 10.00 Å². The van der Waals surface area contributed by atoms with E-state index in [1.165, 1.54) is 0 Å². The first-order valence-corrected chi connectivity index (χ1v) is 3.54. The molecule has 5 heteroatoms. The lowest BCUT2D eigenvalue weighted by Crippen LogP contribution is -2.30. The Morgan fingerprint density at radius 2 is 2.44 bits per heavy atom. The number of carbonyl (C=O) groups is 1. The number of carboxylic acid groups (broad SMARTS) is 1. The predicted octanol–water partition coefficient (Wildman–Crippen LogP) is -0.0600. The third kappa shape index (κ3) is 3.40. The Morgan fingerprint density at radius 1 is 1.89 bits per heavy atom. The summed E-state index contributed by atoms with van der Waals surface area (Å²) in [5.74, 6) is -0.918. The van der Waals surface area contributed by atoms with Gasteiger partial charge in [0, 0.05) is 0 Å². The summed E-state index contributed by atoms with van der Waals surface area (Å²) in [7, 11) is -0.493. The Hall–Kier alpha value is -0.180. The van der Waals surface area contributed by atoms with Crippen molar-refractivity contribution >= 4 is 14.9 Å². The van der Waals surface area contributed by atoms with Crippen LogP contribution in [0.2, 0.25) is 0 Å². The van der Waals surface area contributed by atoms with Crippen molar-refractivity contribution in [2.45, 2.75) is 19.4 Å². The van der Waals surface area contributed by atoms with E-state index in [4.69, 9.17) is 10.00 Å². The molecule has 54 valence electrons. The van der Waals surface area contributed by atoms with Gasteiger partial charge in [-0.05, 0) is 6.42 Å². The first-order valence-electron chi connectivity index (χ1n) is 2.59. The molecule has 3 N–H and O–H groups in total. The van der Waals surface area contributed by atoms with E-state index in [1.807, 2.05) is 0 Å². The minimum Gasteiger partial charge on any atom is -0.480 e. The zero-order chi connectivity index (χ0) is 7.28. The van der Waals surface area contributed by atoms with Crippen LogP contribution in [0.4, 0.5) is 0 Å². The number of hydrogen-bond acceptors (Lipinski definition) is 3. The molecule has 0 radical (unpaired) electrons. The van der Waals surface area contributed by atoms with Gasteiger partial charge >= 0.3 is 5.97 Å². The first kappa shape index (κ1) is 8.82. The molecule has 0 aromatic heterocycles. The fraction of sp³-hybridized carbons (Fsp3) is 0.750. The van der Waals surface area contributed by atoms with Crippen LogP contribution < -0.4 is 5.09 Å². The Morgan fingerprint density at radius 3 is 2.56 bits per heavy atom. The van der Waals surface area contributed by atoms with Crippen LogP contribution in [-0.2, 0) is 4.79 Å². The van der Waals surface area contributed by atoms with Gasteiger partial charge in [-0.15, -0.1) is 0 Å². The molecule has 9 heavy (non-hydrogen) atoms. The average molecular weight is 151 g/mol. The fourth-order valence-electron chi connectivity index (χ4n) is 0.416. The van der Waals surface area contributed by atoms with Crippen LogP contribution in [0.5, 0.6) is 0 Å². The smallest absolute Gasteiger partial charge is 0.321 e. The van der Waals surface area contributed by atoms with E-state index in [9.17, 15) is 4.79 Å². The van der Waals surface area contributed by atoms with Crippen molar-refractivity contribution in [1.29, 1.82) is 0 Å². The topological polar surface area (TPSA) is 69.6 Å². The predicted molar refractivity (Wildman–Crippen MR) is 35.4 cm³/mol. The highest BCUT2D eigenvalue weighted by atomic mass is 31.1. The van der Waals surface area contributed by atoms with Crippen molar-refractivity contribution < 1.29 is 14.8 Å².